The van der Waals surface area contributed by atoms with Gasteiger partial charge in [0, 0.05) is 11.5 Å². The van der Waals surface area contributed by atoms with E-state index in [2.05, 4.69) is 10.0 Å². The second kappa shape index (κ2) is 46.2. The van der Waals surface area contributed by atoms with Crippen LogP contribution in [-0.2, 0) is 75.6 Å². The molecule has 0 aliphatic rings. The van der Waals surface area contributed by atoms with Gasteiger partial charge in [-0.05, 0) is 5.53 Å². The van der Waals surface area contributed by atoms with Gasteiger partial charge >= 0.3 is 7.60 Å². The Morgan fingerprint density at radius 2 is 0.500 bits per heavy atom. The molecule has 0 aliphatic heterocycles. The van der Waals surface area contributed by atoms with Gasteiger partial charge in [-0.2, -0.15) is 0 Å². The van der Waals surface area contributed by atoms with E-state index in [1.165, 1.54) is 0 Å². The van der Waals surface area contributed by atoms with E-state index in [0.717, 1.165) is 0 Å². The maximum Gasteiger partial charge on any atom is 0.327 e. The SMILES string of the molecule is [N-]=[N+]=NCCOCCOCCOCCOCCOCCOCCOCCOCCOCCOCCOCCOCCOCCOCCOCCP(=O)(O)O. The molecule has 0 heterocycles. The fraction of sp³-hybridized carbons (Fsp3) is 1.00. The first-order valence-corrected chi connectivity index (χ1v) is 20.1. The number of hydrogen-bond acceptors (Lipinski definition) is 17. The van der Waals surface area contributed by atoms with Crippen molar-refractivity contribution >= 4 is 7.60 Å². The van der Waals surface area contributed by atoms with E-state index < -0.39 is 7.60 Å². The van der Waals surface area contributed by atoms with Crippen LogP contribution in [0.2, 0.25) is 0 Å². The van der Waals surface area contributed by atoms with Crippen LogP contribution in [0.5, 0.6) is 0 Å². The third-order valence-corrected chi connectivity index (χ3v) is 6.90. The van der Waals surface area contributed by atoms with E-state index in [-0.39, 0.29) is 19.4 Å². The van der Waals surface area contributed by atoms with Crippen molar-refractivity contribution in [3.05, 3.63) is 10.4 Å². The average molecular weight is 812 g/mol. The molecule has 0 saturated heterocycles. The third kappa shape index (κ3) is 50.9. The lowest BCUT2D eigenvalue weighted by atomic mass is 10.6. The highest BCUT2D eigenvalue weighted by Gasteiger charge is 2.11. The molecule has 0 atom stereocenters. The largest absolute Gasteiger partial charge is 0.379 e. The Hall–Kier alpha value is -1.14. The summed E-state index contributed by atoms with van der Waals surface area (Å²) in [5.41, 5.74) is 8.14. The smallest absolute Gasteiger partial charge is 0.327 e. The lowest BCUT2D eigenvalue weighted by Gasteiger charge is -2.09. The van der Waals surface area contributed by atoms with E-state index in [1.54, 1.807) is 0 Å². The van der Waals surface area contributed by atoms with Crippen molar-refractivity contribution < 1.29 is 85.4 Å². The first kappa shape index (κ1) is 52.9. The van der Waals surface area contributed by atoms with Crippen molar-refractivity contribution in [1.82, 2.24) is 0 Å². The summed E-state index contributed by atoms with van der Waals surface area (Å²) in [5.74, 6) is 0. The molecule has 0 rings (SSSR count). The molecule has 21 nitrogen and oxygen atoms in total. The average Bonchev–Trinajstić information content (AvgIpc) is 3.15. The van der Waals surface area contributed by atoms with Crippen LogP contribution in [0, 0.1) is 0 Å². The van der Waals surface area contributed by atoms with Gasteiger partial charge in [0.1, 0.15) is 0 Å². The maximum atomic E-state index is 10.7. The van der Waals surface area contributed by atoms with Gasteiger partial charge in [0.25, 0.3) is 0 Å². The van der Waals surface area contributed by atoms with Crippen molar-refractivity contribution in [2.45, 2.75) is 0 Å². The van der Waals surface area contributed by atoms with Gasteiger partial charge in [0.2, 0.25) is 0 Å². The fourth-order valence-electron chi connectivity index (χ4n) is 3.51. The van der Waals surface area contributed by atoms with Crippen molar-refractivity contribution in [3.63, 3.8) is 0 Å². The summed E-state index contributed by atoms with van der Waals surface area (Å²) in [5, 5.41) is 3.37. The maximum absolute atomic E-state index is 10.7. The Bertz CT molecular complexity index is 832. The van der Waals surface area contributed by atoms with E-state index in [1.807, 2.05) is 0 Å². The minimum atomic E-state index is -4.01. The van der Waals surface area contributed by atoms with Crippen LogP contribution in [0.15, 0.2) is 5.11 Å². The van der Waals surface area contributed by atoms with Crippen molar-refractivity contribution in [1.29, 1.82) is 0 Å². The third-order valence-electron chi connectivity index (χ3n) is 6.13. The molecule has 0 aromatic rings. The lowest BCUT2D eigenvalue weighted by Crippen LogP contribution is -2.15. The zero-order valence-corrected chi connectivity index (χ0v) is 32.7. The molecule has 0 aromatic carbocycles. The molecule has 0 spiro atoms. The fourth-order valence-corrected chi connectivity index (χ4v) is 3.88. The zero-order valence-electron chi connectivity index (χ0n) is 31.8. The molecule has 0 aliphatic carbocycles. The van der Waals surface area contributed by atoms with E-state index in [4.69, 9.17) is 86.4 Å². The summed E-state index contributed by atoms with van der Waals surface area (Å²) in [6.45, 7) is 13.5. The van der Waals surface area contributed by atoms with Gasteiger partial charge in [-0.3, -0.25) is 4.57 Å². The Morgan fingerprint density at radius 3 is 0.667 bits per heavy atom. The van der Waals surface area contributed by atoms with Crippen LogP contribution < -0.4 is 0 Å². The molecule has 0 fully saturated rings. The number of rotatable bonds is 48. The van der Waals surface area contributed by atoms with Gasteiger partial charge in [0.05, 0.1) is 204 Å². The van der Waals surface area contributed by atoms with Gasteiger partial charge in [-0.15, -0.1) is 0 Å². The summed E-state index contributed by atoms with van der Waals surface area (Å²) >= 11 is 0. The number of azide groups is 1. The normalized spacial score (nSPS) is 11.7. The second-order valence-electron chi connectivity index (χ2n) is 10.5. The van der Waals surface area contributed by atoms with E-state index in [0.29, 0.717) is 192 Å². The molecule has 0 aromatic heterocycles. The van der Waals surface area contributed by atoms with Crippen molar-refractivity contribution in [2.75, 3.05) is 211 Å². The summed E-state index contributed by atoms with van der Waals surface area (Å²) in [6.07, 6.45) is -0.292. The molecule has 0 radical (unpaired) electrons. The lowest BCUT2D eigenvalue weighted by molar-refractivity contribution is -0.0299. The number of ether oxygens (including phenoxy) is 15. The molecule has 0 amide bonds. The van der Waals surface area contributed by atoms with Crippen LogP contribution in [0.25, 0.3) is 10.4 Å². The van der Waals surface area contributed by atoms with Gasteiger partial charge < -0.3 is 80.8 Å². The molecule has 322 valence electrons. The van der Waals surface area contributed by atoms with Crippen molar-refractivity contribution in [3.8, 4) is 0 Å². The number of nitrogens with zero attached hydrogens (tertiary/aromatic N) is 3. The van der Waals surface area contributed by atoms with Crippen LogP contribution >= 0.6 is 7.60 Å². The minimum absolute atomic E-state index is 0.00149. The van der Waals surface area contributed by atoms with E-state index in [9.17, 15) is 4.57 Å². The summed E-state index contributed by atoms with van der Waals surface area (Å²) in [6, 6.07) is 0. The predicted molar refractivity (Wildman–Crippen MR) is 193 cm³/mol. The first-order chi connectivity index (χ1) is 26.6. The Kier molecular flexibility index (Phi) is 45.3. The Labute approximate surface area is 319 Å². The standard InChI is InChI=1S/C32H66N3O18P/c33-35-34-1-2-39-3-4-40-5-6-41-7-8-42-9-10-43-11-12-44-13-14-45-15-16-46-17-18-47-19-20-48-21-22-49-23-24-50-25-26-51-27-28-52-29-30-53-31-32-54(36,37)38/h1-32H2,(H2,36,37,38). The van der Waals surface area contributed by atoms with Crippen LogP contribution in [0.3, 0.4) is 0 Å². The van der Waals surface area contributed by atoms with Gasteiger partial charge in [-0.25, -0.2) is 0 Å². The Balaban J connectivity index is 3.07. The monoisotopic (exact) mass is 811 g/mol. The summed E-state index contributed by atoms with van der Waals surface area (Å²) in [7, 11) is -4.01. The molecule has 54 heavy (non-hydrogen) atoms. The topological polar surface area (TPSA) is 245 Å². The summed E-state index contributed by atoms with van der Waals surface area (Å²) < 4.78 is 91.5. The first-order valence-electron chi connectivity index (χ1n) is 18.3. The molecule has 0 unspecified atom stereocenters. The van der Waals surface area contributed by atoms with E-state index >= 15 is 0 Å². The minimum Gasteiger partial charge on any atom is -0.379 e. The highest BCUT2D eigenvalue weighted by Crippen LogP contribution is 2.33. The van der Waals surface area contributed by atoms with Crippen LogP contribution in [0.4, 0.5) is 0 Å². The number of hydrogen-bond donors (Lipinski definition) is 2. The van der Waals surface area contributed by atoms with Gasteiger partial charge in [0.15, 0.2) is 0 Å². The molecule has 0 saturated carbocycles. The van der Waals surface area contributed by atoms with Crippen LogP contribution in [0.1, 0.15) is 0 Å². The summed E-state index contributed by atoms with van der Waals surface area (Å²) in [4.78, 5) is 20.1. The zero-order chi connectivity index (χ0) is 39.1. The van der Waals surface area contributed by atoms with Crippen LogP contribution in [-0.4, -0.2) is 221 Å². The van der Waals surface area contributed by atoms with Gasteiger partial charge in [-0.1, -0.05) is 5.11 Å². The second-order valence-corrected chi connectivity index (χ2v) is 12.3. The highest BCUT2D eigenvalue weighted by atomic mass is 31.2. The quantitative estimate of drug-likeness (QED) is 0.0283. The Morgan fingerprint density at radius 1 is 0.333 bits per heavy atom. The predicted octanol–water partition coefficient (Wildman–Crippen LogP) is 0.723. The molecule has 22 heteroatoms. The highest BCUT2D eigenvalue weighted by molar-refractivity contribution is 7.51. The molecule has 2 N–H and O–H groups in total. The molecular weight excluding hydrogens is 745 g/mol. The van der Waals surface area contributed by atoms with Crippen molar-refractivity contribution in [2.24, 2.45) is 5.11 Å². The molecular formula is C32H66N3O18P. The molecule has 0 bridgehead atoms.